The van der Waals surface area contributed by atoms with Crippen LogP contribution < -0.4 is 5.32 Å². The van der Waals surface area contributed by atoms with Crippen LogP contribution in [0.1, 0.15) is 44.5 Å². The maximum atomic E-state index is 12.7. The van der Waals surface area contributed by atoms with Crippen LogP contribution in [-0.4, -0.2) is 45.9 Å². The van der Waals surface area contributed by atoms with Crippen LogP contribution in [0.15, 0.2) is 54.6 Å². The fourth-order valence-corrected chi connectivity index (χ4v) is 3.96. The van der Waals surface area contributed by atoms with E-state index in [9.17, 15) is 9.59 Å². The van der Waals surface area contributed by atoms with Gasteiger partial charge in [-0.05, 0) is 44.4 Å². The Morgan fingerprint density at radius 1 is 0.938 bits per heavy atom. The Labute approximate surface area is 190 Å². The highest BCUT2D eigenvalue weighted by molar-refractivity contribution is 5.81. The summed E-state index contributed by atoms with van der Waals surface area (Å²) in [5.41, 5.74) is 2.97. The minimum Gasteiger partial charge on any atom is -0.356 e. The van der Waals surface area contributed by atoms with Gasteiger partial charge in [-0.25, -0.2) is 4.98 Å². The van der Waals surface area contributed by atoms with Crippen molar-refractivity contribution in [2.24, 2.45) is 0 Å². The highest BCUT2D eigenvalue weighted by atomic mass is 16.2. The monoisotopic (exact) mass is 434 g/mol. The Balaban J connectivity index is 1.49. The molecule has 0 bridgehead atoms. The highest BCUT2D eigenvalue weighted by Crippen LogP contribution is 2.18. The number of hydrogen-bond donors (Lipinski definition) is 1. The summed E-state index contributed by atoms with van der Waals surface area (Å²) in [4.78, 5) is 31.4. The molecule has 1 aromatic heterocycles. The van der Waals surface area contributed by atoms with E-state index in [4.69, 9.17) is 4.98 Å². The quantitative estimate of drug-likeness (QED) is 0.439. The van der Waals surface area contributed by atoms with Crippen LogP contribution in [0.2, 0.25) is 0 Å². The Kier molecular flexibility index (Phi) is 8.84. The van der Waals surface area contributed by atoms with Crippen molar-refractivity contribution >= 4 is 22.8 Å². The number of rotatable bonds is 12. The van der Waals surface area contributed by atoms with Crippen LogP contribution in [0.5, 0.6) is 0 Å². The van der Waals surface area contributed by atoms with E-state index >= 15 is 0 Å². The third-order valence-corrected chi connectivity index (χ3v) is 5.75. The minimum absolute atomic E-state index is 0.0629. The third-order valence-electron chi connectivity index (χ3n) is 5.75. The van der Waals surface area contributed by atoms with Gasteiger partial charge in [0, 0.05) is 26.1 Å². The summed E-state index contributed by atoms with van der Waals surface area (Å²) in [5, 5.41) is 3.00. The summed E-state index contributed by atoms with van der Waals surface area (Å²) in [6.45, 7) is 6.45. The summed E-state index contributed by atoms with van der Waals surface area (Å²) in [6.07, 6.45) is 4.14. The molecule has 6 heteroatoms. The number of fused-ring (bicyclic) bond motifs is 1. The fraction of sp³-hybridized carbons (Fsp3) is 0.423. The van der Waals surface area contributed by atoms with E-state index in [0.29, 0.717) is 32.6 Å². The molecule has 0 saturated carbocycles. The maximum Gasteiger partial charge on any atom is 0.242 e. The Morgan fingerprint density at radius 2 is 1.66 bits per heavy atom. The van der Waals surface area contributed by atoms with E-state index in [1.54, 1.807) is 0 Å². The van der Waals surface area contributed by atoms with Gasteiger partial charge >= 0.3 is 0 Å². The van der Waals surface area contributed by atoms with Gasteiger partial charge in [0.1, 0.15) is 12.4 Å². The lowest BCUT2D eigenvalue weighted by Crippen LogP contribution is -2.33. The second-order valence-corrected chi connectivity index (χ2v) is 7.99. The number of nitrogens with one attached hydrogen (secondary N) is 1. The molecular weight excluding hydrogens is 400 g/mol. The number of aromatic nitrogens is 2. The molecule has 0 unspecified atom stereocenters. The molecule has 170 valence electrons. The summed E-state index contributed by atoms with van der Waals surface area (Å²) in [7, 11) is 0. The molecule has 6 nitrogen and oxygen atoms in total. The van der Waals surface area contributed by atoms with Gasteiger partial charge in [-0.2, -0.15) is 0 Å². The number of benzene rings is 2. The molecule has 0 fully saturated rings. The van der Waals surface area contributed by atoms with Crippen molar-refractivity contribution in [3.8, 4) is 0 Å². The topological polar surface area (TPSA) is 67.2 Å². The van der Waals surface area contributed by atoms with Crippen molar-refractivity contribution in [1.82, 2.24) is 19.8 Å². The molecule has 0 saturated heterocycles. The average Bonchev–Trinajstić information content (AvgIpc) is 3.15. The van der Waals surface area contributed by atoms with Gasteiger partial charge in [0.25, 0.3) is 0 Å². The van der Waals surface area contributed by atoms with E-state index in [-0.39, 0.29) is 11.8 Å². The lowest BCUT2D eigenvalue weighted by atomic mass is 10.1. The van der Waals surface area contributed by atoms with Gasteiger partial charge in [0.15, 0.2) is 0 Å². The van der Waals surface area contributed by atoms with Crippen molar-refractivity contribution in [1.29, 1.82) is 0 Å². The SMILES string of the molecule is CCN(CC)C(=O)Cn1c(CCCCCNC(=O)Cc2ccccc2)nc2ccccc21. The van der Waals surface area contributed by atoms with Gasteiger partial charge in [0.2, 0.25) is 11.8 Å². The molecule has 32 heavy (non-hydrogen) atoms. The van der Waals surface area contributed by atoms with E-state index < -0.39 is 0 Å². The summed E-state index contributed by atoms with van der Waals surface area (Å²) < 4.78 is 2.07. The van der Waals surface area contributed by atoms with Crippen molar-refractivity contribution in [2.75, 3.05) is 19.6 Å². The first-order chi connectivity index (χ1) is 15.6. The first-order valence-electron chi connectivity index (χ1n) is 11.6. The zero-order valence-corrected chi connectivity index (χ0v) is 19.2. The summed E-state index contributed by atoms with van der Waals surface area (Å²) in [5.74, 6) is 1.15. The van der Waals surface area contributed by atoms with E-state index in [0.717, 1.165) is 48.1 Å². The van der Waals surface area contributed by atoms with E-state index in [1.807, 2.05) is 73.3 Å². The number of aryl methyl sites for hydroxylation is 1. The predicted octanol–water partition coefficient (Wildman–Crippen LogP) is 3.98. The van der Waals surface area contributed by atoms with Gasteiger partial charge in [-0.15, -0.1) is 0 Å². The minimum atomic E-state index is 0.0629. The largest absolute Gasteiger partial charge is 0.356 e. The summed E-state index contributed by atoms with van der Waals surface area (Å²) >= 11 is 0. The zero-order valence-electron chi connectivity index (χ0n) is 19.2. The van der Waals surface area contributed by atoms with Crippen LogP contribution in [0.3, 0.4) is 0 Å². The molecule has 0 aliphatic carbocycles. The fourth-order valence-electron chi connectivity index (χ4n) is 3.96. The number of carbonyl (C=O) groups excluding carboxylic acids is 2. The molecule has 1 heterocycles. The van der Waals surface area contributed by atoms with E-state index in [2.05, 4.69) is 9.88 Å². The molecule has 1 N–H and O–H groups in total. The first-order valence-corrected chi connectivity index (χ1v) is 11.6. The Bertz CT molecular complexity index is 1010. The number of imidazole rings is 1. The number of unbranched alkanes of at least 4 members (excludes halogenated alkanes) is 2. The Hall–Kier alpha value is -3.15. The van der Waals surface area contributed by atoms with Gasteiger partial charge in [0.05, 0.1) is 17.5 Å². The molecular formula is C26H34N4O2. The van der Waals surface area contributed by atoms with Crippen molar-refractivity contribution in [3.05, 3.63) is 66.0 Å². The van der Waals surface area contributed by atoms with Crippen LogP contribution in [0.4, 0.5) is 0 Å². The third kappa shape index (κ3) is 6.42. The number of amides is 2. The standard InChI is InChI=1S/C26H34N4O2/c1-3-29(4-2)26(32)20-30-23-16-11-10-15-22(23)28-24(30)17-9-6-12-18-27-25(31)19-21-13-7-5-8-14-21/h5,7-8,10-11,13-16H,3-4,6,9,12,17-20H2,1-2H3,(H,27,31). The van der Waals surface area contributed by atoms with E-state index in [1.165, 1.54) is 0 Å². The summed E-state index contributed by atoms with van der Waals surface area (Å²) in [6, 6.07) is 17.8. The van der Waals surface area contributed by atoms with Gasteiger partial charge < -0.3 is 14.8 Å². The van der Waals surface area contributed by atoms with Crippen LogP contribution in [-0.2, 0) is 29.0 Å². The van der Waals surface area contributed by atoms with Crippen LogP contribution in [0.25, 0.3) is 11.0 Å². The Morgan fingerprint density at radius 3 is 2.41 bits per heavy atom. The molecule has 2 aromatic carbocycles. The zero-order chi connectivity index (χ0) is 22.8. The second kappa shape index (κ2) is 12.0. The molecule has 0 radical (unpaired) electrons. The predicted molar refractivity (Wildman–Crippen MR) is 128 cm³/mol. The molecule has 2 amide bonds. The lowest BCUT2D eigenvalue weighted by molar-refractivity contribution is -0.131. The number of hydrogen-bond acceptors (Lipinski definition) is 3. The smallest absolute Gasteiger partial charge is 0.242 e. The highest BCUT2D eigenvalue weighted by Gasteiger charge is 2.16. The van der Waals surface area contributed by atoms with Gasteiger partial charge in [-0.1, -0.05) is 48.9 Å². The number of carbonyl (C=O) groups is 2. The van der Waals surface area contributed by atoms with Crippen molar-refractivity contribution in [2.45, 2.75) is 52.5 Å². The lowest BCUT2D eigenvalue weighted by Gasteiger charge is -2.20. The molecule has 0 spiro atoms. The van der Waals surface area contributed by atoms with Crippen molar-refractivity contribution < 1.29 is 9.59 Å². The molecule has 0 aliphatic heterocycles. The number of para-hydroxylation sites is 2. The van der Waals surface area contributed by atoms with Crippen molar-refractivity contribution in [3.63, 3.8) is 0 Å². The van der Waals surface area contributed by atoms with Crippen LogP contribution >= 0.6 is 0 Å². The molecule has 3 aromatic rings. The van der Waals surface area contributed by atoms with Gasteiger partial charge in [-0.3, -0.25) is 9.59 Å². The number of likely N-dealkylation sites (N-methyl/N-ethyl adjacent to an activating group) is 1. The normalized spacial score (nSPS) is 10.9. The second-order valence-electron chi connectivity index (χ2n) is 7.99. The molecule has 0 atom stereocenters. The molecule has 0 aliphatic rings. The first kappa shape index (κ1) is 23.5. The maximum absolute atomic E-state index is 12.7. The number of nitrogens with zero attached hydrogens (tertiary/aromatic N) is 3. The molecule has 3 rings (SSSR count). The van der Waals surface area contributed by atoms with Crippen LogP contribution in [0, 0.1) is 0 Å². The average molecular weight is 435 g/mol.